The average molecular weight is 233 g/mol. The van der Waals surface area contributed by atoms with Gasteiger partial charge in [-0.15, -0.1) is 0 Å². The Labute approximate surface area is 98.0 Å². The molecule has 0 saturated carbocycles. The second kappa shape index (κ2) is 4.70. The summed E-state index contributed by atoms with van der Waals surface area (Å²) in [5.41, 5.74) is 0. The molecule has 0 saturated heterocycles. The zero-order chi connectivity index (χ0) is 9.35. The first-order chi connectivity index (χ1) is 5.43. The molecule has 0 heterocycles. The van der Waals surface area contributed by atoms with Gasteiger partial charge in [0.2, 0.25) is 0 Å². The summed E-state index contributed by atoms with van der Waals surface area (Å²) in [6, 6.07) is 4.04. The van der Waals surface area contributed by atoms with Crippen molar-refractivity contribution in [3.8, 4) is 0 Å². The number of benzene rings is 1. The SMILES string of the molecule is O=S(=O)([O-])c1c(Cl)cccc1Cl.[Li+]. The molecule has 13 heavy (non-hydrogen) atoms. The molecular weight excluding hydrogens is 230 g/mol. The van der Waals surface area contributed by atoms with E-state index in [1.54, 1.807) is 0 Å². The van der Waals surface area contributed by atoms with Crippen LogP contribution in [0.4, 0.5) is 0 Å². The summed E-state index contributed by atoms with van der Waals surface area (Å²) in [7, 11) is -4.58. The molecule has 0 unspecified atom stereocenters. The van der Waals surface area contributed by atoms with Gasteiger partial charge in [-0.3, -0.25) is 0 Å². The van der Waals surface area contributed by atoms with E-state index in [0.717, 1.165) is 0 Å². The molecule has 1 rings (SSSR count). The fourth-order valence-electron chi connectivity index (χ4n) is 0.721. The molecule has 0 aliphatic carbocycles. The molecule has 1 aromatic carbocycles. The van der Waals surface area contributed by atoms with Gasteiger partial charge in [-0.1, -0.05) is 29.3 Å². The van der Waals surface area contributed by atoms with Crippen molar-refractivity contribution in [3.05, 3.63) is 28.2 Å². The minimum Gasteiger partial charge on any atom is -0.744 e. The van der Waals surface area contributed by atoms with Crippen molar-refractivity contribution in [1.29, 1.82) is 0 Å². The van der Waals surface area contributed by atoms with Crippen LogP contribution in [0.2, 0.25) is 10.0 Å². The minimum atomic E-state index is -4.58. The maximum atomic E-state index is 10.6. The first-order valence-electron chi connectivity index (χ1n) is 2.83. The molecule has 0 amide bonds. The number of halogens is 2. The van der Waals surface area contributed by atoms with Crippen LogP contribution in [0.1, 0.15) is 0 Å². The smallest absolute Gasteiger partial charge is 0.744 e. The Balaban J connectivity index is 0.00000144. The molecule has 0 aliphatic rings. The van der Waals surface area contributed by atoms with E-state index < -0.39 is 15.0 Å². The maximum absolute atomic E-state index is 10.6. The molecule has 0 bridgehead atoms. The van der Waals surface area contributed by atoms with Crippen LogP contribution in [-0.4, -0.2) is 13.0 Å². The molecule has 0 aromatic heterocycles. The van der Waals surface area contributed by atoms with Crippen molar-refractivity contribution in [2.75, 3.05) is 0 Å². The van der Waals surface area contributed by atoms with E-state index in [2.05, 4.69) is 0 Å². The standard InChI is InChI=1S/C6H4Cl2O3S.Li/c7-4-2-1-3-5(8)6(4)12(9,10)11;/h1-3H,(H,9,10,11);/q;+1/p-1. The van der Waals surface area contributed by atoms with Crippen LogP contribution >= 0.6 is 23.2 Å². The van der Waals surface area contributed by atoms with Gasteiger partial charge in [0.05, 0.1) is 14.9 Å². The van der Waals surface area contributed by atoms with Gasteiger partial charge in [-0.2, -0.15) is 0 Å². The fraction of sp³-hybridized carbons (Fsp3) is 0. The van der Waals surface area contributed by atoms with Gasteiger partial charge in [0, 0.05) is 0 Å². The molecule has 0 aliphatic heterocycles. The van der Waals surface area contributed by atoms with Crippen LogP contribution in [0.3, 0.4) is 0 Å². The van der Waals surface area contributed by atoms with Gasteiger partial charge in [0.1, 0.15) is 10.1 Å². The number of hydrogen-bond donors (Lipinski definition) is 0. The molecule has 66 valence electrons. The normalized spacial score (nSPS) is 10.7. The van der Waals surface area contributed by atoms with Gasteiger partial charge in [0.15, 0.2) is 0 Å². The predicted octanol–water partition coefficient (Wildman–Crippen LogP) is -1.10. The van der Waals surface area contributed by atoms with Crippen molar-refractivity contribution < 1.29 is 31.8 Å². The van der Waals surface area contributed by atoms with Crippen molar-refractivity contribution in [3.63, 3.8) is 0 Å². The Morgan fingerprint density at radius 3 is 1.77 bits per heavy atom. The third-order valence-electron chi connectivity index (χ3n) is 1.17. The van der Waals surface area contributed by atoms with E-state index >= 15 is 0 Å². The van der Waals surface area contributed by atoms with Crippen molar-refractivity contribution in [2.24, 2.45) is 0 Å². The van der Waals surface area contributed by atoms with E-state index in [1.165, 1.54) is 18.2 Å². The van der Waals surface area contributed by atoms with Crippen LogP contribution in [-0.2, 0) is 10.1 Å². The Kier molecular flexibility index (Phi) is 4.81. The Morgan fingerprint density at radius 2 is 1.54 bits per heavy atom. The second-order valence-corrected chi connectivity index (χ2v) is 4.14. The molecule has 0 atom stereocenters. The van der Waals surface area contributed by atoms with Crippen molar-refractivity contribution in [2.45, 2.75) is 4.90 Å². The van der Waals surface area contributed by atoms with E-state index in [1.807, 2.05) is 0 Å². The topological polar surface area (TPSA) is 57.2 Å². The van der Waals surface area contributed by atoms with E-state index in [9.17, 15) is 13.0 Å². The summed E-state index contributed by atoms with van der Waals surface area (Å²) in [5.74, 6) is 0. The molecule has 1 aromatic rings. The summed E-state index contributed by atoms with van der Waals surface area (Å²) in [5, 5.41) is -0.310. The van der Waals surface area contributed by atoms with Crippen LogP contribution in [0.15, 0.2) is 23.1 Å². The third-order valence-corrected chi connectivity index (χ3v) is 2.96. The zero-order valence-electron chi connectivity index (χ0n) is 6.62. The predicted molar refractivity (Wildman–Crippen MR) is 44.4 cm³/mol. The summed E-state index contributed by atoms with van der Waals surface area (Å²) in [4.78, 5) is -0.562. The number of rotatable bonds is 1. The molecular formula is C6H3Cl2LiO3S. The molecule has 3 nitrogen and oxygen atoms in total. The van der Waals surface area contributed by atoms with E-state index in [4.69, 9.17) is 23.2 Å². The summed E-state index contributed by atoms with van der Waals surface area (Å²) < 4.78 is 31.7. The maximum Gasteiger partial charge on any atom is 1.00 e. The Hall–Kier alpha value is 0.307. The summed E-state index contributed by atoms with van der Waals surface area (Å²) >= 11 is 10.9. The minimum absolute atomic E-state index is 0. The second-order valence-electron chi connectivity index (χ2n) is 2.00. The first kappa shape index (κ1) is 13.3. The Bertz CT molecular complexity index is 384. The summed E-state index contributed by atoms with van der Waals surface area (Å²) in [6.45, 7) is 0. The van der Waals surface area contributed by atoms with Crippen molar-refractivity contribution in [1.82, 2.24) is 0 Å². The fourth-order valence-corrected chi connectivity index (χ4v) is 2.30. The quantitative estimate of drug-likeness (QED) is 0.457. The van der Waals surface area contributed by atoms with Crippen LogP contribution in [0.25, 0.3) is 0 Å². The van der Waals surface area contributed by atoms with Gasteiger partial charge in [-0.25, -0.2) is 8.42 Å². The van der Waals surface area contributed by atoms with Gasteiger partial charge < -0.3 is 4.55 Å². The molecule has 0 radical (unpaired) electrons. The Morgan fingerprint density at radius 1 is 1.15 bits per heavy atom. The first-order valence-corrected chi connectivity index (χ1v) is 4.99. The average Bonchev–Trinajstić information content (AvgIpc) is 1.82. The van der Waals surface area contributed by atoms with Crippen LogP contribution in [0, 0.1) is 0 Å². The molecule has 0 N–H and O–H groups in total. The number of hydrogen-bond acceptors (Lipinski definition) is 3. The van der Waals surface area contributed by atoms with Gasteiger partial charge >= 0.3 is 18.9 Å². The van der Waals surface area contributed by atoms with Gasteiger partial charge in [-0.05, 0) is 12.1 Å². The van der Waals surface area contributed by atoms with Gasteiger partial charge in [0.25, 0.3) is 0 Å². The monoisotopic (exact) mass is 232 g/mol. The molecule has 0 fully saturated rings. The molecule has 0 spiro atoms. The van der Waals surface area contributed by atoms with E-state index in [-0.39, 0.29) is 28.9 Å². The van der Waals surface area contributed by atoms with E-state index in [0.29, 0.717) is 0 Å². The summed E-state index contributed by atoms with van der Waals surface area (Å²) in [6.07, 6.45) is 0. The van der Waals surface area contributed by atoms with Crippen LogP contribution < -0.4 is 18.9 Å². The zero-order valence-corrected chi connectivity index (χ0v) is 8.95. The van der Waals surface area contributed by atoms with Crippen molar-refractivity contribution >= 4 is 33.3 Å². The third kappa shape index (κ3) is 3.17. The van der Waals surface area contributed by atoms with Crippen LogP contribution in [0.5, 0.6) is 0 Å². The largest absolute Gasteiger partial charge is 1.00 e. The molecule has 7 heteroatoms.